The van der Waals surface area contributed by atoms with E-state index in [-0.39, 0.29) is 0 Å². The summed E-state index contributed by atoms with van der Waals surface area (Å²) in [5, 5.41) is 2.83. The van der Waals surface area contributed by atoms with E-state index in [9.17, 15) is 0 Å². The van der Waals surface area contributed by atoms with Gasteiger partial charge in [-0.3, -0.25) is 0 Å². The average Bonchev–Trinajstić information content (AvgIpc) is 2.93. The van der Waals surface area contributed by atoms with Crippen LogP contribution in [-0.2, 0) is 0 Å². The zero-order valence-electron chi connectivity index (χ0n) is 9.55. The van der Waals surface area contributed by atoms with Gasteiger partial charge < -0.3 is 0 Å². The van der Waals surface area contributed by atoms with Gasteiger partial charge in [0.2, 0.25) is 0 Å². The Morgan fingerprint density at radius 3 is 2.53 bits per heavy atom. The lowest BCUT2D eigenvalue weighted by Crippen LogP contribution is -1.91. The SMILES string of the molecule is Brc1cccc(-c2ccc(Br)c(-c3nccs3)n2)n1. The van der Waals surface area contributed by atoms with Crippen molar-refractivity contribution >= 4 is 43.2 Å². The first-order chi connectivity index (χ1) is 9.24. The number of hydrogen-bond acceptors (Lipinski definition) is 4. The molecule has 0 aliphatic heterocycles. The Morgan fingerprint density at radius 2 is 1.79 bits per heavy atom. The van der Waals surface area contributed by atoms with Gasteiger partial charge in [0, 0.05) is 16.0 Å². The van der Waals surface area contributed by atoms with Crippen LogP contribution in [0, 0.1) is 0 Å². The molecule has 0 N–H and O–H groups in total. The van der Waals surface area contributed by atoms with Gasteiger partial charge in [-0.2, -0.15) is 0 Å². The van der Waals surface area contributed by atoms with E-state index in [1.165, 1.54) is 0 Å². The molecule has 0 unspecified atom stereocenters. The van der Waals surface area contributed by atoms with Gasteiger partial charge in [0.05, 0.1) is 11.4 Å². The minimum atomic E-state index is 0.797. The smallest absolute Gasteiger partial charge is 0.142 e. The number of rotatable bonds is 2. The molecule has 0 amide bonds. The van der Waals surface area contributed by atoms with E-state index < -0.39 is 0 Å². The molecule has 0 saturated carbocycles. The van der Waals surface area contributed by atoms with E-state index in [1.54, 1.807) is 17.5 Å². The Hall–Kier alpha value is -1.11. The standard InChI is InChI=1S/C13H7Br2N3S/c14-8-4-5-10(9-2-1-3-11(15)17-9)18-12(8)13-16-6-7-19-13/h1-7H. The Labute approximate surface area is 131 Å². The lowest BCUT2D eigenvalue weighted by molar-refractivity contribution is 1.21. The highest BCUT2D eigenvalue weighted by atomic mass is 79.9. The zero-order chi connectivity index (χ0) is 13.2. The molecule has 3 rings (SSSR count). The van der Waals surface area contributed by atoms with Crippen LogP contribution in [0.2, 0.25) is 0 Å². The molecule has 0 fully saturated rings. The molecule has 19 heavy (non-hydrogen) atoms. The predicted molar refractivity (Wildman–Crippen MR) is 84.0 cm³/mol. The number of halogens is 2. The largest absolute Gasteiger partial charge is 0.243 e. The van der Waals surface area contributed by atoms with Crippen LogP contribution in [-0.4, -0.2) is 15.0 Å². The first-order valence-corrected chi connectivity index (χ1v) is 7.90. The van der Waals surface area contributed by atoms with Crippen molar-refractivity contribution in [1.29, 1.82) is 0 Å². The molecular weight excluding hydrogens is 390 g/mol. The molecule has 6 heteroatoms. The molecule has 0 spiro atoms. The maximum atomic E-state index is 4.64. The van der Waals surface area contributed by atoms with Crippen molar-refractivity contribution in [3.63, 3.8) is 0 Å². The van der Waals surface area contributed by atoms with Gasteiger partial charge >= 0.3 is 0 Å². The maximum absolute atomic E-state index is 4.64. The Balaban J connectivity index is 2.12. The maximum Gasteiger partial charge on any atom is 0.142 e. The van der Waals surface area contributed by atoms with Crippen molar-refractivity contribution in [3.05, 3.63) is 51.0 Å². The third-order valence-electron chi connectivity index (χ3n) is 2.46. The molecule has 0 radical (unpaired) electrons. The highest BCUT2D eigenvalue weighted by Crippen LogP contribution is 2.30. The third kappa shape index (κ3) is 2.75. The molecule has 0 saturated heterocycles. The monoisotopic (exact) mass is 395 g/mol. The van der Waals surface area contributed by atoms with Gasteiger partial charge in [-0.05, 0) is 56.1 Å². The first kappa shape index (κ1) is 12.9. The Kier molecular flexibility index (Phi) is 3.72. The normalized spacial score (nSPS) is 10.6. The third-order valence-corrected chi connectivity index (χ3v) is 4.32. The lowest BCUT2D eigenvalue weighted by Gasteiger charge is -2.05. The van der Waals surface area contributed by atoms with E-state index >= 15 is 0 Å². The highest BCUT2D eigenvalue weighted by Gasteiger charge is 2.10. The summed E-state index contributed by atoms with van der Waals surface area (Å²) in [4.78, 5) is 13.4. The van der Waals surface area contributed by atoms with Gasteiger partial charge in [-0.15, -0.1) is 11.3 Å². The van der Waals surface area contributed by atoms with Gasteiger partial charge in [-0.25, -0.2) is 15.0 Å². The fraction of sp³-hybridized carbons (Fsp3) is 0. The lowest BCUT2D eigenvalue weighted by atomic mass is 10.2. The number of pyridine rings is 2. The summed E-state index contributed by atoms with van der Waals surface area (Å²) in [7, 11) is 0. The second-order valence-corrected chi connectivity index (χ2v) is 6.27. The minimum Gasteiger partial charge on any atom is -0.243 e. The van der Waals surface area contributed by atoms with Gasteiger partial charge in [0.25, 0.3) is 0 Å². The number of hydrogen-bond donors (Lipinski definition) is 0. The van der Waals surface area contributed by atoms with E-state index in [4.69, 9.17) is 0 Å². The van der Waals surface area contributed by atoms with Crippen molar-refractivity contribution in [1.82, 2.24) is 15.0 Å². The molecule has 0 aromatic carbocycles. The van der Waals surface area contributed by atoms with Crippen LogP contribution in [0.3, 0.4) is 0 Å². The average molecular weight is 397 g/mol. The fourth-order valence-electron chi connectivity index (χ4n) is 1.63. The van der Waals surface area contributed by atoms with Crippen LogP contribution in [0.25, 0.3) is 22.1 Å². The van der Waals surface area contributed by atoms with E-state index in [0.717, 1.165) is 31.2 Å². The predicted octanol–water partition coefficient (Wildman–Crippen LogP) is 4.79. The quantitative estimate of drug-likeness (QED) is 0.584. The molecule has 3 aromatic rings. The summed E-state index contributed by atoms with van der Waals surface area (Å²) in [6, 6.07) is 9.69. The van der Waals surface area contributed by atoms with Crippen LogP contribution in [0.4, 0.5) is 0 Å². The van der Waals surface area contributed by atoms with Gasteiger partial charge in [-0.1, -0.05) is 6.07 Å². The van der Waals surface area contributed by atoms with Crippen molar-refractivity contribution in [3.8, 4) is 22.1 Å². The van der Waals surface area contributed by atoms with Crippen LogP contribution >= 0.6 is 43.2 Å². The minimum absolute atomic E-state index is 0.797. The second-order valence-electron chi connectivity index (χ2n) is 3.71. The van der Waals surface area contributed by atoms with Crippen LogP contribution in [0.5, 0.6) is 0 Å². The van der Waals surface area contributed by atoms with Crippen molar-refractivity contribution < 1.29 is 0 Å². The molecule has 3 nitrogen and oxygen atoms in total. The first-order valence-electron chi connectivity index (χ1n) is 5.43. The number of nitrogens with zero attached hydrogens (tertiary/aromatic N) is 3. The Bertz CT molecular complexity index is 714. The van der Waals surface area contributed by atoms with Gasteiger partial charge in [0.15, 0.2) is 0 Å². The summed E-state index contributed by atoms with van der Waals surface area (Å²) in [5.74, 6) is 0. The molecule has 3 aromatic heterocycles. The summed E-state index contributed by atoms with van der Waals surface area (Å²) in [5.41, 5.74) is 2.50. The summed E-state index contributed by atoms with van der Waals surface area (Å²) < 4.78 is 1.73. The van der Waals surface area contributed by atoms with Gasteiger partial charge in [0.1, 0.15) is 15.3 Å². The second kappa shape index (κ2) is 5.48. The molecule has 3 heterocycles. The van der Waals surface area contributed by atoms with E-state index in [2.05, 4.69) is 46.8 Å². The van der Waals surface area contributed by atoms with Crippen molar-refractivity contribution in [2.24, 2.45) is 0 Å². The van der Waals surface area contributed by atoms with E-state index in [1.807, 2.05) is 35.7 Å². The Morgan fingerprint density at radius 1 is 0.947 bits per heavy atom. The van der Waals surface area contributed by atoms with Crippen LogP contribution < -0.4 is 0 Å². The van der Waals surface area contributed by atoms with Crippen LogP contribution in [0.15, 0.2) is 51.0 Å². The number of aromatic nitrogens is 3. The summed E-state index contributed by atoms with van der Waals surface area (Å²) in [6.45, 7) is 0. The topological polar surface area (TPSA) is 38.7 Å². The summed E-state index contributed by atoms with van der Waals surface area (Å²) in [6.07, 6.45) is 1.78. The van der Waals surface area contributed by atoms with Crippen molar-refractivity contribution in [2.45, 2.75) is 0 Å². The number of thiazole rings is 1. The summed E-state index contributed by atoms with van der Waals surface area (Å²) >= 11 is 8.45. The highest BCUT2D eigenvalue weighted by molar-refractivity contribution is 9.10. The molecule has 0 aliphatic carbocycles. The van der Waals surface area contributed by atoms with Crippen molar-refractivity contribution in [2.75, 3.05) is 0 Å². The molecule has 0 atom stereocenters. The van der Waals surface area contributed by atoms with Crippen LogP contribution in [0.1, 0.15) is 0 Å². The molecule has 94 valence electrons. The zero-order valence-corrected chi connectivity index (χ0v) is 13.5. The van der Waals surface area contributed by atoms with E-state index in [0.29, 0.717) is 0 Å². The molecular formula is C13H7Br2N3S. The fourth-order valence-corrected chi connectivity index (χ4v) is 3.15. The molecule has 0 aliphatic rings. The molecule has 0 bridgehead atoms.